The quantitative estimate of drug-likeness (QED) is 0.752. The van der Waals surface area contributed by atoms with Crippen molar-refractivity contribution >= 4 is 34.2 Å². The molecule has 0 fully saturated rings. The molecule has 0 unspecified atom stereocenters. The first kappa shape index (κ1) is 17.4. The molecule has 2 N–H and O–H groups in total. The van der Waals surface area contributed by atoms with Crippen LogP contribution in [0.25, 0.3) is 0 Å². The Morgan fingerprint density at radius 3 is 2.78 bits per heavy atom. The van der Waals surface area contributed by atoms with Gasteiger partial charge in [-0.15, -0.1) is 12.4 Å². The Balaban J connectivity index is 0.00000289. The molecule has 0 saturated carbocycles. The van der Waals surface area contributed by atoms with Gasteiger partial charge in [0.05, 0.1) is 0 Å². The number of carbonyl (C=O) groups is 1. The third-order valence-corrected chi connectivity index (χ3v) is 2.90. The highest BCUT2D eigenvalue weighted by molar-refractivity contribution is 9.10. The summed E-state index contributed by atoms with van der Waals surface area (Å²) in [5.41, 5.74) is 1.18. The third-order valence-electron chi connectivity index (χ3n) is 2.40. The van der Waals surface area contributed by atoms with Gasteiger partial charge in [-0.05, 0) is 30.7 Å². The van der Waals surface area contributed by atoms with E-state index in [0.717, 1.165) is 24.0 Å². The number of amides is 1. The van der Waals surface area contributed by atoms with E-state index < -0.39 is 0 Å². The second-order valence-corrected chi connectivity index (χ2v) is 4.75. The number of halogens is 2. The summed E-state index contributed by atoms with van der Waals surface area (Å²) in [6.45, 7) is 4.52. The highest BCUT2D eigenvalue weighted by Crippen LogP contribution is 2.12. The van der Waals surface area contributed by atoms with Gasteiger partial charge in [0, 0.05) is 24.0 Å². The summed E-state index contributed by atoms with van der Waals surface area (Å²) in [4.78, 5) is 11.5. The van der Waals surface area contributed by atoms with Gasteiger partial charge in [0.15, 0.2) is 0 Å². The van der Waals surface area contributed by atoms with Crippen LogP contribution in [0.3, 0.4) is 0 Å². The van der Waals surface area contributed by atoms with Crippen molar-refractivity contribution in [3.63, 3.8) is 0 Å². The SMILES string of the molecule is CCNCCNC(=O)CCc1cccc(Br)c1.Cl. The number of hydrogen-bond acceptors (Lipinski definition) is 2. The maximum atomic E-state index is 11.5. The molecule has 1 rings (SSSR count). The van der Waals surface area contributed by atoms with Crippen molar-refractivity contribution in [3.8, 4) is 0 Å². The number of aryl methyl sites for hydroxylation is 1. The molecular formula is C13H20BrClN2O. The van der Waals surface area contributed by atoms with E-state index in [4.69, 9.17) is 0 Å². The van der Waals surface area contributed by atoms with E-state index >= 15 is 0 Å². The van der Waals surface area contributed by atoms with Gasteiger partial charge in [0.25, 0.3) is 0 Å². The van der Waals surface area contributed by atoms with Gasteiger partial charge < -0.3 is 10.6 Å². The van der Waals surface area contributed by atoms with Gasteiger partial charge in [-0.25, -0.2) is 0 Å². The number of likely N-dealkylation sites (N-methyl/N-ethyl adjacent to an activating group) is 1. The molecule has 1 aromatic carbocycles. The average molecular weight is 336 g/mol. The van der Waals surface area contributed by atoms with Crippen LogP contribution < -0.4 is 10.6 Å². The number of carbonyl (C=O) groups excluding carboxylic acids is 1. The lowest BCUT2D eigenvalue weighted by molar-refractivity contribution is -0.121. The van der Waals surface area contributed by atoms with Gasteiger partial charge >= 0.3 is 0 Å². The monoisotopic (exact) mass is 334 g/mol. The van der Waals surface area contributed by atoms with Crippen molar-refractivity contribution in [1.29, 1.82) is 0 Å². The topological polar surface area (TPSA) is 41.1 Å². The Hall–Kier alpha value is -0.580. The first-order chi connectivity index (χ1) is 8.22. The number of hydrogen-bond donors (Lipinski definition) is 2. The van der Waals surface area contributed by atoms with Crippen LogP contribution in [-0.2, 0) is 11.2 Å². The lowest BCUT2D eigenvalue weighted by Crippen LogP contribution is -2.31. The molecule has 0 bridgehead atoms. The van der Waals surface area contributed by atoms with Crippen molar-refractivity contribution in [3.05, 3.63) is 34.3 Å². The lowest BCUT2D eigenvalue weighted by atomic mass is 10.1. The molecule has 0 aliphatic heterocycles. The third kappa shape index (κ3) is 7.69. The van der Waals surface area contributed by atoms with Crippen molar-refractivity contribution in [1.82, 2.24) is 10.6 Å². The van der Waals surface area contributed by atoms with E-state index in [9.17, 15) is 4.79 Å². The Kier molecular flexibility index (Phi) is 10.0. The maximum absolute atomic E-state index is 11.5. The first-order valence-corrected chi connectivity index (χ1v) is 6.73. The van der Waals surface area contributed by atoms with E-state index in [1.807, 2.05) is 24.3 Å². The zero-order valence-corrected chi connectivity index (χ0v) is 12.9. The van der Waals surface area contributed by atoms with Crippen LogP contribution in [0.15, 0.2) is 28.7 Å². The Labute approximate surface area is 123 Å². The van der Waals surface area contributed by atoms with Crippen LogP contribution in [-0.4, -0.2) is 25.5 Å². The Bertz CT molecular complexity index is 361. The van der Waals surface area contributed by atoms with Gasteiger partial charge in [0.1, 0.15) is 0 Å². The van der Waals surface area contributed by atoms with Crippen LogP contribution >= 0.6 is 28.3 Å². The zero-order chi connectivity index (χ0) is 12.5. The minimum Gasteiger partial charge on any atom is -0.355 e. The molecule has 0 aromatic heterocycles. The molecule has 5 heteroatoms. The first-order valence-electron chi connectivity index (χ1n) is 5.94. The minimum atomic E-state index is 0. The molecule has 0 saturated heterocycles. The van der Waals surface area contributed by atoms with E-state index in [2.05, 4.69) is 33.5 Å². The summed E-state index contributed by atoms with van der Waals surface area (Å²) in [7, 11) is 0. The van der Waals surface area contributed by atoms with Gasteiger partial charge in [-0.3, -0.25) is 4.79 Å². The summed E-state index contributed by atoms with van der Waals surface area (Å²) in [6.07, 6.45) is 1.33. The fourth-order valence-corrected chi connectivity index (χ4v) is 1.95. The molecule has 1 aromatic rings. The van der Waals surface area contributed by atoms with Crippen LogP contribution in [0.5, 0.6) is 0 Å². The van der Waals surface area contributed by atoms with Crippen LogP contribution in [0.4, 0.5) is 0 Å². The zero-order valence-electron chi connectivity index (χ0n) is 10.5. The van der Waals surface area contributed by atoms with Gasteiger partial charge in [-0.1, -0.05) is 35.0 Å². The van der Waals surface area contributed by atoms with Crippen LogP contribution in [0, 0.1) is 0 Å². The van der Waals surface area contributed by atoms with Crippen LogP contribution in [0.1, 0.15) is 18.9 Å². The lowest BCUT2D eigenvalue weighted by Gasteiger charge is -2.05. The van der Waals surface area contributed by atoms with Crippen molar-refractivity contribution < 1.29 is 4.79 Å². The second-order valence-electron chi connectivity index (χ2n) is 3.83. The molecule has 102 valence electrons. The van der Waals surface area contributed by atoms with Crippen LogP contribution in [0.2, 0.25) is 0 Å². The second kappa shape index (κ2) is 10.4. The molecule has 0 atom stereocenters. The average Bonchev–Trinajstić information content (AvgIpc) is 2.32. The van der Waals surface area contributed by atoms with E-state index in [1.165, 1.54) is 5.56 Å². The van der Waals surface area contributed by atoms with Crippen molar-refractivity contribution in [2.75, 3.05) is 19.6 Å². The predicted molar refractivity (Wildman–Crippen MR) is 81.3 cm³/mol. The minimum absolute atomic E-state index is 0. The fraction of sp³-hybridized carbons (Fsp3) is 0.462. The van der Waals surface area contributed by atoms with Gasteiger partial charge in [-0.2, -0.15) is 0 Å². The molecule has 0 spiro atoms. The normalized spacial score (nSPS) is 9.67. The molecule has 0 aliphatic rings. The standard InChI is InChI=1S/C13H19BrN2O.ClH/c1-2-15-8-9-16-13(17)7-6-11-4-3-5-12(14)10-11;/h3-5,10,15H,2,6-9H2,1H3,(H,16,17);1H. The summed E-state index contributed by atoms with van der Waals surface area (Å²) >= 11 is 3.42. The maximum Gasteiger partial charge on any atom is 0.220 e. The van der Waals surface area contributed by atoms with E-state index in [0.29, 0.717) is 13.0 Å². The molecule has 18 heavy (non-hydrogen) atoms. The van der Waals surface area contributed by atoms with E-state index in [1.54, 1.807) is 0 Å². The highest BCUT2D eigenvalue weighted by atomic mass is 79.9. The van der Waals surface area contributed by atoms with Crippen molar-refractivity contribution in [2.24, 2.45) is 0 Å². The van der Waals surface area contributed by atoms with Gasteiger partial charge in [0.2, 0.25) is 5.91 Å². The number of rotatable bonds is 7. The molecule has 0 heterocycles. The Morgan fingerprint density at radius 2 is 2.11 bits per heavy atom. The van der Waals surface area contributed by atoms with E-state index in [-0.39, 0.29) is 18.3 Å². The number of benzene rings is 1. The number of nitrogens with one attached hydrogen (secondary N) is 2. The predicted octanol–water partition coefficient (Wildman–Crippen LogP) is 2.53. The summed E-state index contributed by atoms with van der Waals surface area (Å²) in [6, 6.07) is 8.06. The molecule has 0 radical (unpaired) electrons. The Morgan fingerprint density at radius 1 is 1.33 bits per heavy atom. The fourth-order valence-electron chi connectivity index (χ4n) is 1.51. The molecule has 3 nitrogen and oxygen atoms in total. The highest BCUT2D eigenvalue weighted by Gasteiger charge is 2.01. The molecular weight excluding hydrogens is 316 g/mol. The van der Waals surface area contributed by atoms with Crippen molar-refractivity contribution in [2.45, 2.75) is 19.8 Å². The molecule has 1 amide bonds. The molecule has 0 aliphatic carbocycles. The smallest absolute Gasteiger partial charge is 0.220 e. The summed E-state index contributed by atoms with van der Waals surface area (Å²) in [5.74, 6) is 0.114. The summed E-state index contributed by atoms with van der Waals surface area (Å²) in [5, 5.41) is 6.05. The largest absolute Gasteiger partial charge is 0.355 e. The summed E-state index contributed by atoms with van der Waals surface area (Å²) < 4.78 is 1.06.